The molecule has 0 saturated heterocycles. The van der Waals surface area contributed by atoms with Crippen molar-refractivity contribution in [2.75, 3.05) is 0 Å². The third-order valence-corrected chi connectivity index (χ3v) is 0. The minimum Gasteiger partial charge on any atom is -0.790 e. The number of hydrogen-bond donors (Lipinski definition) is 2. The molecule has 0 aromatic rings. The van der Waals surface area contributed by atoms with E-state index in [1.54, 1.807) is 0 Å². The van der Waals surface area contributed by atoms with Gasteiger partial charge in [-0.1, -0.05) is 0 Å². The first kappa shape index (κ1) is 18.3. The third-order valence-electron chi connectivity index (χ3n) is 0. The Morgan fingerprint density at radius 3 is 0.800 bits per heavy atom. The van der Waals surface area contributed by atoms with Gasteiger partial charge >= 0.3 is 16.8 Å². The molecule has 5 heteroatoms. The molecule has 0 heterocycles. The van der Waals surface area contributed by atoms with E-state index in [9.17, 15) is 0 Å². The molecule has 0 fully saturated rings. The Bertz CT molecular complexity index is 7.61. The van der Waals surface area contributed by atoms with Crippen molar-refractivity contribution in [1.82, 2.24) is 0 Å². The average Bonchev–Trinajstić information content (AvgIpc) is 1.50. The normalized spacial score (nSPS) is 2.40. The molecule has 0 aliphatic carbocycles. The van der Waals surface area contributed by atoms with Gasteiger partial charge < -0.3 is 22.2 Å². The summed E-state index contributed by atoms with van der Waals surface area (Å²) in [6.45, 7) is 0. The van der Waals surface area contributed by atoms with Crippen LogP contribution in [0.2, 0.25) is 0 Å². The van der Waals surface area contributed by atoms with Crippen LogP contribution in [0.4, 0.5) is 0 Å². The SMILES string of the molecule is N[O-].N[O-].[Co+2]. The van der Waals surface area contributed by atoms with Crippen LogP contribution in [0.15, 0.2) is 0 Å². The zero-order valence-electron chi connectivity index (χ0n) is 2.30. The second kappa shape index (κ2) is 405. The first-order valence-corrected chi connectivity index (χ1v) is 0.471. The molecule has 0 unspecified atom stereocenters. The van der Waals surface area contributed by atoms with Crippen LogP contribution in [-0.4, -0.2) is 0 Å². The van der Waals surface area contributed by atoms with Crippen LogP contribution in [0, 0.1) is 10.4 Å². The van der Waals surface area contributed by atoms with Crippen molar-refractivity contribution in [1.29, 1.82) is 0 Å². The van der Waals surface area contributed by atoms with Crippen LogP contribution < -0.4 is 11.8 Å². The Morgan fingerprint density at radius 1 is 0.800 bits per heavy atom. The van der Waals surface area contributed by atoms with E-state index in [1.807, 2.05) is 0 Å². The molecule has 0 atom stereocenters. The van der Waals surface area contributed by atoms with E-state index in [-0.39, 0.29) is 16.8 Å². The monoisotopic (exact) mass is 123 g/mol. The molecule has 5 heavy (non-hydrogen) atoms. The van der Waals surface area contributed by atoms with Gasteiger partial charge in [-0.15, -0.1) is 0 Å². The van der Waals surface area contributed by atoms with E-state index in [4.69, 9.17) is 10.4 Å². The summed E-state index contributed by atoms with van der Waals surface area (Å²) < 4.78 is 0. The Hall–Kier alpha value is 0.346. The third kappa shape index (κ3) is 199. The van der Waals surface area contributed by atoms with Crippen molar-refractivity contribution in [3.8, 4) is 0 Å². The molecular formula is H4CoN2O2. The Kier molecular flexibility index (Phi) is 1490. The molecular weight excluding hydrogens is 119 g/mol. The van der Waals surface area contributed by atoms with Crippen molar-refractivity contribution in [2.24, 2.45) is 11.8 Å². The molecule has 4 nitrogen and oxygen atoms in total. The van der Waals surface area contributed by atoms with Gasteiger partial charge in [0.1, 0.15) is 0 Å². The smallest absolute Gasteiger partial charge is 0.790 e. The van der Waals surface area contributed by atoms with Crippen molar-refractivity contribution in [2.45, 2.75) is 0 Å². The Morgan fingerprint density at radius 2 is 0.800 bits per heavy atom. The molecule has 0 amide bonds. The van der Waals surface area contributed by atoms with Gasteiger partial charge in [-0.25, -0.2) is 0 Å². The fraction of sp³-hybridized carbons (Fsp3) is 0. The summed E-state index contributed by atoms with van der Waals surface area (Å²) in [4.78, 5) is 0. The fourth-order valence-electron chi connectivity index (χ4n) is 0. The summed E-state index contributed by atoms with van der Waals surface area (Å²) in [5.41, 5.74) is 0. The zero-order valence-corrected chi connectivity index (χ0v) is 3.35. The average molecular weight is 123 g/mol. The minimum atomic E-state index is 0. The summed E-state index contributed by atoms with van der Waals surface area (Å²) >= 11 is 0. The summed E-state index contributed by atoms with van der Waals surface area (Å²) in [6.07, 6.45) is 0. The van der Waals surface area contributed by atoms with Crippen LogP contribution in [0.25, 0.3) is 0 Å². The molecule has 35 valence electrons. The second-order valence-corrected chi connectivity index (χ2v) is 0. The molecule has 0 aromatic heterocycles. The largest absolute Gasteiger partial charge is 2.00 e. The maximum absolute atomic E-state index is 7.75. The van der Waals surface area contributed by atoms with E-state index in [0.29, 0.717) is 0 Å². The van der Waals surface area contributed by atoms with Crippen LogP contribution in [0.1, 0.15) is 0 Å². The van der Waals surface area contributed by atoms with E-state index in [1.165, 1.54) is 0 Å². The topological polar surface area (TPSA) is 98.2 Å². The van der Waals surface area contributed by atoms with E-state index in [2.05, 4.69) is 11.8 Å². The summed E-state index contributed by atoms with van der Waals surface area (Å²) in [6, 6.07) is 0. The predicted octanol–water partition coefficient (Wildman–Crippen LogP) is -1.12. The van der Waals surface area contributed by atoms with Gasteiger partial charge in [0.2, 0.25) is 0 Å². The van der Waals surface area contributed by atoms with E-state index < -0.39 is 0 Å². The van der Waals surface area contributed by atoms with Crippen LogP contribution in [0.3, 0.4) is 0 Å². The summed E-state index contributed by atoms with van der Waals surface area (Å²) in [7, 11) is 0. The maximum atomic E-state index is 7.75. The van der Waals surface area contributed by atoms with Crippen molar-refractivity contribution in [3.05, 3.63) is 10.4 Å². The van der Waals surface area contributed by atoms with Gasteiger partial charge in [0.05, 0.1) is 0 Å². The quantitative estimate of drug-likeness (QED) is 0.398. The predicted molar refractivity (Wildman–Crippen MR) is 15.1 cm³/mol. The fourth-order valence-corrected chi connectivity index (χ4v) is 0. The first-order valence-electron chi connectivity index (χ1n) is 0.471. The molecule has 0 aromatic carbocycles. The number of rotatable bonds is 0. The molecule has 0 rings (SSSR count). The number of hydrogen-bond acceptors (Lipinski definition) is 4. The van der Waals surface area contributed by atoms with Crippen molar-refractivity contribution in [3.63, 3.8) is 0 Å². The van der Waals surface area contributed by atoms with Gasteiger partial charge in [0, 0.05) is 0 Å². The zero-order chi connectivity index (χ0) is 4.00. The van der Waals surface area contributed by atoms with Gasteiger partial charge in [0.15, 0.2) is 0 Å². The van der Waals surface area contributed by atoms with Gasteiger partial charge in [-0.05, 0) is 0 Å². The van der Waals surface area contributed by atoms with Crippen molar-refractivity contribution < 1.29 is 16.8 Å². The first-order chi connectivity index (χ1) is 2.00. The molecule has 1 radical (unpaired) electrons. The molecule has 4 N–H and O–H groups in total. The maximum Gasteiger partial charge on any atom is 2.00 e. The molecule has 0 aliphatic heterocycles. The Labute approximate surface area is 39.9 Å². The van der Waals surface area contributed by atoms with Crippen LogP contribution in [0.5, 0.6) is 0 Å². The van der Waals surface area contributed by atoms with Crippen LogP contribution >= 0.6 is 0 Å². The van der Waals surface area contributed by atoms with E-state index >= 15 is 0 Å². The molecule has 0 spiro atoms. The van der Waals surface area contributed by atoms with Crippen molar-refractivity contribution >= 4 is 0 Å². The van der Waals surface area contributed by atoms with E-state index in [0.717, 1.165) is 0 Å². The van der Waals surface area contributed by atoms with Crippen LogP contribution in [-0.2, 0) is 16.8 Å². The number of nitrogens with two attached hydrogens (primary N) is 2. The molecule has 0 bridgehead atoms. The molecule has 0 saturated carbocycles. The molecule has 0 aliphatic rings. The Balaban J connectivity index is -0.0000000133. The summed E-state index contributed by atoms with van der Waals surface area (Å²) in [5, 5.41) is 15.5. The summed E-state index contributed by atoms with van der Waals surface area (Å²) in [5.74, 6) is 6.50. The standard InChI is InChI=1S/Co.2H2NO/c;2*1-2/h;2*1H2/q+2;2*-1. The van der Waals surface area contributed by atoms with Gasteiger partial charge in [-0.3, -0.25) is 0 Å². The van der Waals surface area contributed by atoms with Gasteiger partial charge in [-0.2, -0.15) is 0 Å². The minimum absolute atomic E-state index is 0. The van der Waals surface area contributed by atoms with Gasteiger partial charge in [0.25, 0.3) is 0 Å². The second-order valence-electron chi connectivity index (χ2n) is 0.